The zero-order valence-corrected chi connectivity index (χ0v) is 16.8. The molecular formula is C19H31Cl2N3O. The molecule has 2 fully saturated rings. The first kappa shape index (κ1) is 22.1. The number of nitrogens with zero attached hydrogens (tertiary/aromatic N) is 2. The molecule has 1 saturated heterocycles. The van der Waals surface area contributed by atoms with Gasteiger partial charge in [0.2, 0.25) is 5.91 Å². The lowest BCUT2D eigenvalue weighted by atomic mass is 9.93. The van der Waals surface area contributed by atoms with E-state index in [2.05, 4.69) is 48.2 Å². The average molecular weight is 388 g/mol. The second kappa shape index (κ2) is 9.65. The Hall–Kier alpha value is -0.970. The van der Waals surface area contributed by atoms with Crippen molar-refractivity contribution in [3.8, 4) is 0 Å². The molecule has 2 aliphatic rings. The van der Waals surface area contributed by atoms with Gasteiger partial charge < -0.3 is 15.5 Å². The Morgan fingerprint density at radius 1 is 1.20 bits per heavy atom. The molecule has 1 heterocycles. The summed E-state index contributed by atoms with van der Waals surface area (Å²) in [7, 11) is 4.11. The third-order valence-electron chi connectivity index (χ3n) is 5.59. The highest BCUT2D eigenvalue weighted by Gasteiger charge is 2.39. The molecule has 25 heavy (non-hydrogen) atoms. The standard InChI is InChI=1S/C19H29N3O.2ClH/c1-21(2)16-8-3-6-14(12-16)18-10-5-11-22(18)19(23)17-9-4-7-15(17)13-20;;/h3,6,8,12,15,17-18H,4-5,7,9-11,13,20H2,1-2H3;2*1H/t15-,17-,18?;;/m1../s1. The lowest BCUT2D eigenvalue weighted by Crippen LogP contribution is -2.38. The summed E-state index contributed by atoms with van der Waals surface area (Å²) in [5.41, 5.74) is 8.35. The lowest BCUT2D eigenvalue weighted by molar-refractivity contribution is -0.137. The van der Waals surface area contributed by atoms with Crippen LogP contribution in [0.3, 0.4) is 0 Å². The van der Waals surface area contributed by atoms with Crippen LogP contribution in [0.15, 0.2) is 24.3 Å². The summed E-state index contributed by atoms with van der Waals surface area (Å²) in [4.78, 5) is 17.3. The Morgan fingerprint density at radius 2 is 1.96 bits per heavy atom. The third kappa shape index (κ3) is 4.60. The minimum atomic E-state index is 0. The number of benzene rings is 1. The third-order valence-corrected chi connectivity index (χ3v) is 5.59. The highest BCUT2D eigenvalue weighted by molar-refractivity contribution is 5.85. The highest BCUT2D eigenvalue weighted by atomic mass is 35.5. The Balaban J connectivity index is 0.00000156. The van der Waals surface area contributed by atoms with Crippen LogP contribution in [0.4, 0.5) is 5.69 Å². The summed E-state index contributed by atoms with van der Waals surface area (Å²) >= 11 is 0. The summed E-state index contributed by atoms with van der Waals surface area (Å²) in [6.07, 6.45) is 5.45. The van der Waals surface area contributed by atoms with Gasteiger partial charge in [-0.2, -0.15) is 0 Å². The van der Waals surface area contributed by atoms with E-state index in [1.165, 1.54) is 11.3 Å². The minimum Gasteiger partial charge on any atom is -0.378 e. The maximum atomic E-state index is 13.1. The van der Waals surface area contributed by atoms with Crippen molar-refractivity contribution < 1.29 is 4.79 Å². The smallest absolute Gasteiger partial charge is 0.226 e. The topological polar surface area (TPSA) is 49.6 Å². The molecule has 0 bridgehead atoms. The first-order valence-corrected chi connectivity index (χ1v) is 8.89. The second-order valence-corrected chi connectivity index (χ2v) is 7.21. The van der Waals surface area contributed by atoms with Crippen molar-refractivity contribution in [2.75, 3.05) is 32.1 Å². The van der Waals surface area contributed by atoms with Gasteiger partial charge in [0.05, 0.1) is 6.04 Å². The van der Waals surface area contributed by atoms with Crippen molar-refractivity contribution in [2.45, 2.75) is 38.1 Å². The molecule has 142 valence electrons. The molecule has 2 N–H and O–H groups in total. The first-order chi connectivity index (χ1) is 11.1. The molecule has 4 nitrogen and oxygen atoms in total. The second-order valence-electron chi connectivity index (χ2n) is 7.21. The van der Waals surface area contributed by atoms with Gasteiger partial charge in [-0.1, -0.05) is 18.6 Å². The predicted octanol–water partition coefficient (Wildman–Crippen LogP) is 3.63. The van der Waals surface area contributed by atoms with Gasteiger partial charge in [0, 0.05) is 32.2 Å². The van der Waals surface area contributed by atoms with Gasteiger partial charge in [-0.15, -0.1) is 24.8 Å². The van der Waals surface area contributed by atoms with Crippen LogP contribution < -0.4 is 10.6 Å². The number of anilines is 1. The number of halogens is 2. The zero-order valence-electron chi connectivity index (χ0n) is 15.2. The largest absolute Gasteiger partial charge is 0.378 e. The summed E-state index contributed by atoms with van der Waals surface area (Å²) < 4.78 is 0. The van der Waals surface area contributed by atoms with Crippen molar-refractivity contribution in [1.29, 1.82) is 0 Å². The fourth-order valence-electron chi connectivity index (χ4n) is 4.24. The quantitative estimate of drug-likeness (QED) is 0.857. The Labute approximate surface area is 163 Å². The van der Waals surface area contributed by atoms with Crippen LogP contribution >= 0.6 is 24.8 Å². The molecule has 3 atom stereocenters. The van der Waals surface area contributed by atoms with Crippen LogP contribution in [0.5, 0.6) is 0 Å². The number of amides is 1. The fraction of sp³-hybridized carbons (Fsp3) is 0.632. The molecule has 6 heteroatoms. The normalized spacial score (nSPS) is 25.2. The number of carbonyl (C=O) groups is 1. The van der Waals surface area contributed by atoms with Gasteiger partial charge in [-0.05, 0) is 55.8 Å². The van der Waals surface area contributed by atoms with E-state index in [4.69, 9.17) is 5.73 Å². The summed E-state index contributed by atoms with van der Waals surface area (Å²) in [5, 5.41) is 0. The summed E-state index contributed by atoms with van der Waals surface area (Å²) in [6.45, 7) is 1.54. The fourth-order valence-corrected chi connectivity index (χ4v) is 4.24. The van der Waals surface area contributed by atoms with E-state index >= 15 is 0 Å². The molecule has 1 aromatic rings. The van der Waals surface area contributed by atoms with Gasteiger partial charge in [0.15, 0.2) is 0 Å². The minimum absolute atomic E-state index is 0. The molecular weight excluding hydrogens is 357 g/mol. The van der Waals surface area contributed by atoms with Gasteiger partial charge in [0.1, 0.15) is 0 Å². The average Bonchev–Trinajstić information content (AvgIpc) is 3.23. The van der Waals surface area contributed by atoms with E-state index < -0.39 is 0 Å². The van der Waals surface area contributed by atoms with Gasteiger partial charge >= 0.3 is 0 Å². The van der Waals surface area contributed by atoms with Crippen LogP contribution in [-0.2, 0) is 4.79 Å². The monoisotopic (exact) mass is 387 g/mol. The number of hydrogen-bond donors (Lipinski definition) is 1. The zero-order chi connectivity index (χ0) is 16.4. The molecule has 1 saturated carbocycles. The van der Waals surface area contributed by atoms with E-state index in [0.29, 0.717) is 18.4 Å². The van der Waals surface area contributed by atoms with E-state index in [0.717, 1.165) is 38.6 Å². The maximum Gasteiger partial charge on any atom is 0.226 e. The Kier molecular flexibility index (Phi) is 8.52. The molecule has 3 rings (SSSR count). The van der Waals surface area contributed by atoms with Gasteiger partial charge in [-0.3, -0.25) is 4.79 Å². The molecule has 1 unspecified atom stereocenters. The van der Waals surface area contributed by atoms with Crippen molar-refractivity contribution >= 4 is 36.4 Å². The van der Waals surface area contributed by atoms with Crippen LogP contribution in [0.1, 0.15) is 43.7 Å². The summed E-state index contributed by atoms with van der Waals surface area (Å²) in [5.74, 6) is 0.880. The molecule has 0 radical (unpaired) electrons. The number of likely N-dealkylation sites (tertiary alicyclic amines) is 1. The van der Waals surface area contributed by atoms with Crippen LogP contribution in [-0.4, -0.2) is 38.0 Å². The van der Waals surface area contributed by atoms with E-state index in [1.807, 2.05) is 0 Å². The van der Waals surface area contributed by atoms with E-state index in [9.17, 15) is 4.79 Å². The SMILES string of the molecule is CN(C)c1cccc(C2CCCN2C(=O)[C@@H]2CCC[C@@H]2CN)c1.Cl.Cl. The highest BCUT2D eigenvalue weighted by Crippen LogP contribution is 2.39. The molecule has 1 aliphatic carbocycles. The van der Waals surface area contributed by atoms with E-state index in [1.54, 1.807) is 0 Å². The van der Waals surface area contributed by atoms with Crippen molar-refractivity contribution in [2.24, 2.45) is 17.6 Å². The molecule has 1 aliphatic heterocycles. The maximum absolute atomic E-state index is 13.1. The first-order valence-electron chi connectivity index (χ1n) is 8.89. The lowest BCUT2D eigenvalue weighted by Gasteiger charge is -2.30. The van der Waals surface area contributed by atoms with Gasteiger partial charge in [0.25, 0.3) is 0 Å². The predicted molar refractivity (Wildman–Crippen MR) is 109 cm³/mol. The van der Waals surface area contributed by atoms with Crippen molar-refractivity contribution in [3.05, 3.63) is 29.8 Å². The van der Waals surface area contributed by atoms with Crippen LogP contribution in [0.25, 0.3) is 0 Å². The van der Waals surface area contributed by atoms with Crippen molar-refractivity contribution in [3.63, 3.8) is 0 Å². The molecule has 0 spiro atoms. The van der Waals surface area contributed by atoms with Crippen LogP contribution in [0.2, 0.25) is 0 Å². The van der Waals surface area contributed by atoms with E-state index in [-0.39, 0.29) is 36.8 Å². The Bertz CT molecular complexity index is 567. The van der Waals surface area contributed by atoms with Crippen LogP contribution in [0, 0.1) is 11.8 Å². The molecule has 1 aromatic carbocycles. The van der Waals surface area contributed by atoms with Gasteiger partial charge in [-0.25, -0.2) is 0 Å². The number of rotatable bonds is 4. The molecule has 1 amide bonds. The number of nitrogens with two attached hydrogens (primary N) is 1. The Morgan fingerprint density at radius 3 is 2.64 bits per heavy atom. The summed E-state index contributed by atoms with van der Waals surface area (Å²) in [6, 6.07) is 8.85. The molecule has 0 aromatic heterocycles. The number of carbonyl (C=O) groups excluding carboxylic acids is 1. The number of hydrogen-bond acceptors (Lipinski definition) is 3. The van der Waals surface area contributed by atoms with Crippen molar-refractivity contribution in [1.82, 2.24) is 4.90 Å².